The molecular weight excluding hydrogens is 205 g/mol. The van der Waals surface area contributed by atoms with Crippen molar-refractivity contribution in [2.24, 2.45) is 0 Å². The summed E-state index contributed by atoms with van der Waals surface area (Å²) >= 11 is 0. The van der Waals surface area contributed by atoms with Gasteiger partial charge in [0, 0.05) is 24.4 Å². The minimum atomic E-state index is -0.164. The topological polar surface area (TPSA) is 21.3 Å². The monoisotopic (exact) mass is 225 g/mol. The van der Waals surface area contributed by atoms with Crippen LogP contribution in [0.5, 0.6) is 0 Å². The second-order valence-corrected chi connectivity index (χ2v) is 3.90. The molecule has 0 amide bonds. The Morgan fingerprint density at radius 2 is 2.00 bits per heavy atom. The van der Waals surface area contributed by atoms with Crippen molar-refractivity contribution in [3.63, 3.8) is 0 Å². The second-order valence-electron chi connectivity index (χ2n) is 3.90. The van der Waals surface area contributed by atoms with Crippen LogP contribution in [0.4, 0.5) is 10.1 Å². The number of benzene rings is 1. The molecule has 0 heterocycles. The van der Waals surface area contributed by atoms with Crippen molar-refractivity contribution in [2.75, 3.05) is 25.1 Å². The zero-order valence-corrected chi connectivity index (χ0v) is 10.3. The first kappa shape index (κ1) is 13.0. The van der Waals surface area contributed by atoms with Crippen molar-refractivity contribution in [3.8, 4) is 0 Å². The van der Waals surface area contributed by atoms with Crippen LogP contribution in [0.3, 0.4) is 0 Å². The number of halogens is 1. The summed E-state index contributed by atoms with van der Waals surface area (Å²) in [5.41, 5.74) is 2.63. The Labute approximate surface area is 96.8 Å². The average molecular weight is 225 g/mol. The normalized spacial score (nSPS) is 10.5. The minimum absolute atomic E-state index is 0.164. The fourth-order valence-corrected chi connectivity index (χ4v) is 1.59. The van der Waals surface area contributed by atoms with E-state index in [1.54, 1.807) is 13.0 Å². The Morgan fingerprint density at radius 1 is 1.25 bits per heavy atom. The van der Waals surface area contributed by atoms with Crippen LogP contribution >= 0.6 is 0 Å². The highest BCUT2D eigenvalue weighted by Gasteiger charge is 2.06. The first-order valence-electron chi connectivity index (χ1n) is 5.74. The Morgan fingerprint density at radius 3 is 2.69 bits per heavy atom. The summed E-state index contributed by atoms with van der Waals surface area (Å²) in [6.07, 6.45) is 1.03. The molecule has 0 spiro atoms. The zero-order chi connectivity index (χ0) is 12.0. The lowest BCUT2D eigenvalue weighted by Gasteiger charge is -2.13. The van der Waals surface area contributed by atoms with Gasteiger partial charge in [-0.1, -0.05) is 13.0 Å². The largest absolute Gasteiger partial charge is 0.382 e. The Balaban J connectivity index is 2.50. The molecule has 0 fully saturated rings. The van der Waals surface area contributed by atoms with Gasteiger partial charge in [0.15, 0.2) is 0 Å². The van der Waals surface area contributed by atoms with Gasteiger partial charge in [-0.05, 0) is 31.9 Å². The lowest BCUT2D eigenvalue weighted by Crippen LogP contribution is -2.12. The summed E-state index contributed by atoms with van der Waals surface area (Å²) in [5, 5.41) is 3.22. The van der Waals surface area contributed by atoms with Crippen LogP contribution in [-0.2, 0) is 4.74 Å². The Bertz CT molecular complexity index is 339. The van der Waals surface area contributed by atoms with E-state index in [0.717, 1.165) is 24.3 Å². The number of nitrogens with one attached hydrogen (secondary N) is 1. The molecule has 2 nitrogen and oxygen atoms in total. The van der Waals surface area contributed by atoms with Crippen LogP contribution in [-0.4, -0.2) is 19.8 Å². The highest BCUT2D eigenvalue weighted by molar-refractivity contribution is 5.57. The van der Waals surface area contributed by atoms with Gasteiger partial charge in [0.1, 0.15) is 5.82 Å². The van der Waals surface area contributed by atoms with Gasteiger partial charge in [-0.15, -0.1) is 0 Å². The molecule has 0 saturated heterocycles. The van der Waals surface area contributed by atoms with Gasteiger partial charge < -0.3 is 10.1 Å². The van der Waals surface area contributed by atoms with Crippen LogP contribution in [0.2, 0.25) is 0 Å². The molecule has 1 aromatic carbocycles. The molecule has 1 rings (SSSR count). The maximum Gasteiger partial charge on any atom is 0.128 e. The summed E-state index contributed by atoms with van der Waals surface area (Å²) < 4.78 is 18.7. The molecule has 0 atom stereocenters. The molecule has 1 aromatic rings. The third kappa shape index (κ3) is 3.49. The molecule has 3 heteroatoms. The molecule has 0 aliphatic rings. The average Bonchev–Trinajstić information content (AvgIpc) is 2.28. The summed E-state index contributed by atoms with van der Waals surface area (Å²) in [4.78, 5) is 0. The number of aryl methyl sites for hydroxylation is 1. The second kappa shape index (κ2) is 6.48. The van der Waals surface area contributed by atoms with E-state index in [1.165, 1.54) is 6.07 Å². The Hall–Kier alpha value is -1.09. The highest BCUT2D eigenvalue weighted by atomic mass is 19.1. The minimum Gasteiger partial charge on any atom is -0.382 e. The van der Waals surface area contributed by atoms with Gasteiger partial charge in [0.25, 0.3) is 0 Å². The number of ether oxygens (including phenoxy) is 1. The van der Waals surface area contributed by atoms with Gasteiger partial charge in [-0.25, -0.2) is 4.39 Å². The van der Waals surface area contributed by atoms with Crippen LogP contribution < -0.4 is 5.32 Å². The third-order valence-corrected chi connectivity index (χ3v) is 2.50. The predicted molar refractivity (Wildman–Crippen MR) is 65.5 cm³/mol. The standard InChI is InChI=1S/C13H20FNO/c1-4-8-16-9-7-15-13-10(2)5-6-12(14)11(13)3/h5-6,15H,4,7-9H2,1-3H3. The van der Waals surface area contributed by atoms with Gasteiger partial charge in [0.05, 0.1) is 6.61 Å². The molecule has 16 heavy (non-hydrogen) atoms. The molecule has 0 aliphatic carbocycles. The number of hydrogen-bond acceptors (Lipinski definition) is 2. The SMILES string of the molecule is CCCOCCNc1c(C)ccc(F)c1C. The van der Waals surface area contributed by atoms with Crippen molar-refractivity contribution < 1.29 is 9.13 Å². The number of anilines is 1. The van der Waals surface area contributed by atoms with E-state index >= 15 is 0 Å². The maximum absolute atomic E-state index is 13.3. The first-order chi connectivity index (χ1) is 7.66. The van der Waals surface area contributed by atoms with Crippen LogP contribution in [0.25, 0.3) is 0 Å². The van der Waals surface area contributed by atoms with Crippen LogP contribution in [0.1, 0.15) is 24.5 Å². The smallest absolute Gasteiger partial charge is 0.128 e. The van der Waals surface area contributed by atoms with Crippen molar-refractivity contribution in [1.82, 2.24) is 0 Å². The van der Waals surface area contributed by atoms with Gasteiger partial charge in [-0.3, -0.25) is 0 Å². The fraction of sp³-hybridized carbons (Fsp3) is 0.538. The molecule has 90 valence electrons. The predicted octanol–water partition coefficient (Wildman–Crippen LogP) is 3.28. The van der Waals surface area contributed by atoms with Crippen LogP contribution in [0.15, 0.2) is 12.1 Å². The van der Waals surface area contributed by atoms with E-state index in [2.05, 4.69) is 12.2 Å². The first-order valence-corrected chi connectivity index (χ1v) is 5.74. The molecular formula is C13H20FNO. The van der Waals surface area contributed by atoms with E-state index in [1.807, 2.05) is 6.92 Å². The summed E-state index contributed by atoms with van der Waals surface area (Å²) in [6, 6.07) is 3.29. The molecule has 0 bridgehead atoms. The molecule has 1 N–H and O–H groups in total. The lowest BCUT2D eigenvalue weighted by atomic mass is 10.1. The van der Waals surface area contributed by atoms with Gasteiger partial charge in [0.2, 0.25) is 0 Å². The Kier molecular flexibility index (Phi) is 5.26. The quantitative estimate of drug-likeness (QED) is 0.750. The number of rotatable bonds is 6. The van der Waals surface area contributed by atoms with Crippen LogP contribution in [0, 0.1) is 19.7 Å². The van der Waals surface area contributed by atoms with E-state index in [9.17, 15) is 4.39 Å². The van der Waals surface area contributed by atoms with E-state index in [4.69, 9.17) is 4.74 Å². The third-order valence-electron chi connectivity index (χ3n) is 2.50. The molecule has 0 saturated carbocycles. The highest BCUT2D eigenvalue weighted by Crippen LogP contribution is 2.22. The maximum atomic E-state index is 13.3. The molecule has 0 unspecified atom stereocenters. The van der Waals surface area contributed by atoms with Crippen molar-refractivity contribution in [2.45, 2.75) is 27.2 Å². The van der Waals surface area contributed by atoms with E-state index in [-0.39, 0.29) is 5.82 Å². The fourth-order valence-electron chi connectivity index (χ4n) is 1.59. The molecule has 0 aliphatic heterocycles. The van der Waals surface area contributed by atoms with Gasteiger partial charge in [-0.2, -0.15) is 0 Å². The summed E-state index contributed by atoms with van der Waals surface area (Å²) in [6.45, 7) is 7.99. The number of hydrogen-bond donors (Lipinski definition) is 1. The van der Waals surface area contributed by atoms with Gasteiger partial charge >= 0.3 is 0 Å². The van der Waals surface area contributed by atoms with E-state index in [0.29, 0.717) is 18.7 Å². The lowest BCUT2D eigenvalue weighted by molar-refractivity contribution is 0.144. The zero-order valence-electron chi connectivity index (χ0n) is 10.3. The summed E-state index contributed by atoms with van der Waals surface area (Å²) in [5.74, 6) is -0.164. The van der Waals surface area contributed by atoms with Crippen molar-refractivity contribution in [1.29, 1.82) is 0 Å². The van der Waals surface area contributed by atoms with Crippen molar-refractivity contribution >= 4 is 5.69 Å². The van der Waals surface area contributed by atoms with Crippen molar-refractivity contribution in [3.05, 3.63) is 29.1 Å². The summed E-state index contributed by atoms with van der Waals surface area (Å²) in [7, 11) is 0. The van der Waals surface area contributed by atoms with E-state index < -0.39 is 0 Å². The molecule has 0 radical (unpaired) electrons. The molecule has 0 aromatic heterocycles.